The molecule has 2 nitrogen and oxygen atoms in total. The second kappa shape index (κ2) is 12.9. The topological polar surface area (TPSA) is 26.3 Å². The van der Waals surface area contributed by atoms with Gasteiger partial charge in [0, 0.05) is 38.4 Å². The van der Waals surface area contributed by atoms with E-state index in [0.29, 0.717) is 0 Å². The molecule has 0 aliphatic carbocycles. The molecule has 0 aliphatic rings. The van der Waals surface area contributed by atoms with Crippen molar-refractivity contribution < 1.29 is 8.83 Å². The maximum absolute atomic E-state index is 7.15. The van der Waals surface area contributed by atoms with E-state index in [4.69, 9.17) is 8.83 Å². The number of fused-ring (bicyclic) bond motifs is 7. The van der Waals surface area contributed by atoms with Crippen LogP contribution in [0.2, 0.25) is 0 Å². The Kier molecular flexibility index (Phi) is 7.26. The molecule has 0 radical (unpaired) electrons. The highest BCUT2D eigenvalue weighted by Gasteiger charge is 2.28. The molecular weight excluding hydrogens is 705 g/mol. The van der Waals surface area contributed by atoms with Gasteiger partial charge >= 0.3 is 0 Å². The number of furan rings is 2. The lowest BCUT2D eigenvalue weighted by Crippen LogP contribution is -1.93. The van der Waals surface area contributed by atoms with Crippen LogP contribution in [0, 0.1) is 0 Å². The summed E-state index contributed by atoms with van der Waals surface area (Å²) in [4.78, 5) is 0. The van der Waals surface area contributed by atoms with Crippen molar-refractivity contribution in [2.24, 2.45) is 0 Å². The summed E-state index contributed by atoms with van der Waals surface area (Å²) in [6.45, 7) is 0. The average Bonchev–Trinajstić information content (AvgIpc) is 3.87. The highest BCUT2D eigenvalue weighted by atomic mass is 16.3. The van der Waals surface area contributed by atoms with Crippen molar-refractivity contribution >= 4 is 65.0 Å². The maximum atomic E-state index is 7.15. The van der Waals surface area contributed by atoms with E-state index >= 15 is 0 Å². The van der Waals surface area contributed by atoms with Gasteiger partial charge < -0.3 is 8.83 Å². The molecule has 0 saturated carbocycles. The van der Waals surface area contributed by atoms with Crippen LogP contribution in [-0.2, 0) is 0 Å². The van der Waals surface area contributed by atoms with Crippen molar-refractivity contribution in [2.45, 2.75) is 0 Å². The van der Waals surface area contributed by atoms with Gasteiger partial charge in [-0.1, -0.05) is 188 Å². The molecule has 0 atom stereocenters. The zero-order valence-corrected chi connectivity index (χ0v) is 31.4. The first-order valence-corrected chi connectivity index (χ1v) is 19.8. The van der Waals surface area contributed by atoms with Crippen molar-refractivity contribution in [3.8, 4) is 56.0 Å². The lowest BCUT2D eigenvalue weighted by atomic mass is 9.83. The van der Waals surface area contributed by atoms with E-state index in [-0.39, 0.29) is 0 Å². The van der Waals surface area contributed by atoms with Crippen LogP contribution in [0.25, 0.3) is 121 Å². The summed E-state index contributed by atoms with van der Waals surface area (Å²) in [5.74, 6) is 1.74. The van der Waals surface area contributed by atoms with Crippen LogP contribution < -0.4 is 0 Å². The van der Waals surface area contributed by atoms with Gasteiger partial charge in [-0.2, -0.15) is 0 Å². The molecule has 0 spiro atoms. The van der Waals surface area contributed by atoms with E-state index in [1.54, 1.807) is 0 Å². The molecule has 0 aliphatic heterocycles. The normalized spacial score (nSPS) is 11.8. The average molecular weight is 739 g/mol. The summed E-state index contributed by atoms with van der Waals surface area (Å²) in [5.41, 5.74) is 10.6. The molecule has 12 rings (SSSR count). The van der Waals surface area contributed by atoms with Crippen LogP contribution in [0.3, 0.4) is 0 Å². The van der Waals surface area contributed by atoms with E-state index in [9.17, 15) is 0 Å². The molecule has 0 bridgehead atoms. The molecule has 10 aromatic carbocycles. The summed E-state index contributed by atoms with van der Waals surface area (Å²) in [7, 11) is 0. The number of rotatable bonds is 5. The van der Waals surface area contributed by atoms with Gasteiger partial charge in [-0.05, 0) is 78.2 Å². The van der Waals surface area contributed by atoms with E-state index in [0.717, 1.165) is 110 Å². The first kappa shape index (κ1) is 32.6. The molecule has 0 fully saturated rings. The molecule has 0 unspecified atom stereocenters. The lowest BCUT2D eigenvalue weighted by Gasteiger charge is -2.19. The third kappa shape index (κ3) is 4.92. The van der Waals surface area contributed by atoms with Crippen LogP contribution in [0.4, 0.5) is 0 Å². The minimum atomic E-state index is 0.867. The first-order valence-electron chi connectivity index (χ1n) is 19.8. The van der Waals surface area contributed by atoms with Crippen LogP contribution in [0.15, 0.2) is 215 Å². The molecule has 2 aromatic heterocycles. The summed E-state index contributed by atoms with van der Waals surface area (Å²) < 4.78 is 14.3. The lowest BCUT2D eigenvalue weighted by molar-refractivity contribution is 0.634. The monoisotopic (exact) mass is 738 g/mol. The smallest absolute Gasteiger partial charge is 0.144 e. The largest absolute Gasteiger partial charge is 0.455 e. The molecule has 0 amide bonds. The highest BCUT2D eigenvalue weighted by Crippen LogP contribution is 2.53. The third-order valence-corrected chi connectivity index (χ3v) is 11.8. The predicted octanol–water partition coefficient (Wildman–Crippen LogP) is 16.1. The van der Waals surface area contributed by atoms with Crippen LogP contribution in [0.5, 0.6) is 0 Å². The Morgan fingerprint density at radius 1 is 0.276 bits per heavy atom. The zero-order chi connectivity index (χ0) is 38.2. The van der Waals surface area contributed by atoms with Crippen molar-refractivity contribution in [3.05, 3.63) is 206 Å². The number of hydrogen-bond donors (Lipinski definition) is 0. The van der Waals surface area contributed by atoms with Crippen LogP contribution in [-0.4, -0.2) is 0 Å². The Morgan fingerprint density at radius 3 is 1.34 bits per heavy atom. The Labute approximate surface area is 334 Å². The second-order valence-corrected chi connectivity index (χ2v) is 15.1. The fourth-order valence-corrected chi connectivity index (χ4v) is 9.32. The zero-order valence-electron chi connectivity index (χ0n) is 31.4. The van der Waals surface area contributed by atoms with E-state index < -0.39 is 0 Å². The summed E-state index contributed by atoms with van der Waals surface area (Å²) in [6.07, 6.45) is 0. The van der Waals surface area contributed by atoms with Gasteiger partial charge in [0.1, 0.15) is 22.7 Å². The third-order valence-electron chi connectivity index (χ3n) is 11.8. The van der Waals surface area contributed by atoms with Crippen molar-refractivity contribution in [3.63, 3.8) is 0 Å². The van der Waals surface area contributed by atoms with Gasteiger partial charge in [0.05, 0.1) is 0 Å². The molecule has 270 valence electrons. The Hall–Kier alpha value is -7.68. The predicted molar refractivity (Wildman–Crippen MR) is 243 cm³/mol. The summed E-state index contributed by atoms with van der Waals surface area (Å²) >= 11 is 0. The molecule has 58 heavy (non-hydrogen) atoms. The quantitative estimate of drug-likeness (QED) is 0.164. The molecule has 0 saturated heterocycles. The van der Waals surface area contributed by atoms with Gasteiger partial charge in [-0.3, -0.25) is 0 Å². The standard InChI is InChI=1S/C56H34O2/c1-4-18-35(19-5-1)49-46-32-38-24-10-11-25-39(38)34-48(46)57-56(49)52-44-30-16-14-28-42(44)51(43-29-15-17-31-45(43)52)47-33-40-26-12-13-27-41(40)55-53(47)50(36-20-6-2-7-21-36)54(58-55)37-22-8-3-9-23-37/h1-34H. The van der Waals surface area contributed by atoms with Gasteiger partial charge in [0.2, 0.25) is 0 Å². The summed E-state index contributed by atoms with van der Waals surface area (Å²) in [5, 5.41) is 11.3. The van der Waals surface area contributed by atoms with E-state index in [2.05, 4.69) is 206 Å². The first-order chi connectivity index (χ1) is 28.8. The van der Waals surface area contributed by atoms with Gasteiger partial charge in [-0.25, -0.2) is 0 Å². The van der Waals surface area contributed by atoms with E-state index in [1.807, 2.05) is 0 Å². The van der Waals surface area contributed by atoms with Crippen LogP contribution in [0.1, 0.15) is 0 Å². The molecule has 2 heteroatoms. The van der Waals surface area contributed by atoms with Crippen LogP contribution >= 0.6 is 0 Å². The highest BCUT2D eigenvalue weighted by molar-refractivity contribution is 6.28. The maximum Gasteiger partial charge on any atom is 0.144 e. The van der Waals surface area contributed by atoms with Crippen molar-refractivity contribution in [1.29, 1.82) is 0 Å². The van der Waals surface area contributed by atoms with Gasteiger partial charge in [0.15, 0.2) is 0 Å². The fourth-order valence-electron chi connectivity index (χ4n) is 9.32. The fraction of sp³-hybridized carbons (Fsp3) is 0. The van der Waals surface area contributed by atoms with Gasteiger partial charge in [-0.15, -0.1) is 0 Å². The Morgan fingerprint density at radius 2 is 0.741 bits per heavy atom. The van der Waals surface area contributed by atoms with Crippen molar-refractivity contribution in [2.75, 3.05) is 0 Å². The number of benzene rings is 10. The number of hydrogen-bond acceptors (Lipinski definition) is 2. The minimum absolute atomic E-state index is 0.867. The Bertz CT molecular complexity index is 3480. The summed E-state index contributed by atoms with van der Waals surface area (Å²) in [6, 6.07) is 73.6. The SMILES string of the molecule is c1ccc(-c2oc3c(c(-c4c5ccccc5c(-c5oc6cc7ccccc7cc6c5-c5ccccc5)c5ccccc45)cc4ccccc43)c2-c2ccccc2)cc1. The van der Waals surface area contributed by atoms with Crippen molar-refractivity contribution in [1.82, 2.24) is 0 Å². The second-order valence-electron chi connectivity index (χ2n) is 15.1. The molecular formula is C56H34O2. The molecule has 2 heterocycles. The van der Waals surface area contributed by atoms with Gasteiger partial charge in [0.25, 0.3) is 0 Å². The molecule has 0 N–H and O–H groups in total. The minimum Gasteiger partial charge on any atom is -0.455 e. The van der Waals surface area contributed by atoms with E-state index in [1.165, 1.54) is 10.9 Å². The molecule has 12 aromatic rings. The Balaban J connectivity index is 1.25.